The van der Waals surface area contributed by atoms with Crippen molar-refractivity contribution in [3.63, 3.8) is 0 Å². The number of hydrogen-bond donors (Lipinski definition) is 1. The molecule has 0 fully saturated rings. The van der Waals surface area contributed by atoms with Crippen LogP contribution < -0.4 is 5.32 Å². The fourth-order valence-electron chi connectivity index (χ4n) is 2.09. The summed E-state index contributed by atoms with van der Waals surface area (Å²) in [4.78, 5) is 0. The van der Waals surface area contributed by atoms with E-state index in [-0.39, 0.29) is 0 Å². The van der Waals surface area contributed by atoms with Crippen molar-refractivity contribution in [1.29, 1.82) is 0 Å². The molecule has 0 amide bonds. The van der Waals surface area contributed by atoms with Gasteiger partial charge in [0, 0.05) is 6.54 Å². The SMILES string of the molecule is CCCn1ncc(Br)c1C(NCC)C(C)CC. The lowest BCUT2D eigenvalue weighted by Gasteiger charge is -2.25. The first-order valence-electron chi connectivity index (χ1n) is 6.60. The van der Waals surface area contributed by atoms with E-state index >= 15 is 0 Å². The minimum absolute atomic E-state index is 0.383. The Morgan fingerprint density at radius 2 is 2.12 bits per heavy atom. The van der Waals surface area contributed by atoms with Gasteiger partial charge in [-0.1, -0.05) is 34.1 Å². The molecule has 0 spiro atoms. The second-order valence-corrected chi connectivity index (χ2v) is 5.38. The van der Waals surface area contributed by atoms with Crippen LogP contribution in [0.25, 0.3) is 0 Å². The molecule has 0 bridgehead atoms. The summed E-state index contributed by atoms with van der Waals surface area (Å²) in [5, 5.41) is 8.04. The highest BCUT2D eigenvalue weighted by Crippen LogP contribution is 2.30. The maximum absolute atomic E-state index is 4.46. The molecule has 1 rings (SSSR count). The highest BCUT2D eigenvalue weighted by Gasteiger charge is 2.23. The largest absolute Gasteiger partial charge is 0.309 e. The summed E-state index contributed by atoms with van der Waals surface area (Å²) in [6.07, 6.45) is 4.19. The quantitative estimate of drug-likeness (QED) is 0.831. The Hall–Kier alpha value is -0.350. The van der Waals surface area contributed by atoms with Crippen molar-refractivity contribution in [1.82, 2.24) is 15.1 Å². The first kappa shape index (κ1) is 14.7. The summed E-state index contributed by atoms with van der Waals surface area (Å²) in [5.74, 6) is 0.610. The number of halogens is 1. The van der Waals surface area contributed by atoms with Crippen molar-refractivity contribution in [2.45, 2.75) is 53.1 Å². The number of hydrogen-bond acceptors (Lipinski definition) is 2. The van der Waals surface area contributed by atoms with Gasteiger partial charge in [-0.3, -0.25) is 4.68 Å². The maximum atomic E-state index is 4.46. The van der Waals surface area contributed by atoms with Gasteiger partial charge < -0.3 is 5.32 Å². The lowest BCUT2D eigenvalue weighted by atomic mass is 9.96. The van der Waals surface area contributed by atoms with Gasteiger partial charge in [0.05, 0.1) is 22.4 Å². The van der Waals surface area contributed by atoms with Crippen molar-refractivity contribution >= 4 is 15.9 Å². The molecule has 2 unspecified atom stereocenters. The van der Waals surface area contributed by atoms with Crippen molar-refractivity contribution < 1.29 is 0 Å². The van der Waals surface area contributed by atoms with E-state index in [9.17, 15) is 0 Å². The molecule has 1 heterocycles. The molecular weight excluding hydrogens is 278 g/mol. The van der Waals surface area contributed by atoms with Gasteiger partial charge in [-0.25, -0.2) is 0 Å². The first-order valence-corrected chi connectivity index (χ1v) is 7.39. The molecular formula is C13H24BrN3. The van der Waals surface area contributed by atoms with E-state index in [2.05, 4.69) is 58.7 Å². The first-order chi connectivity index (χ1) is 8.15. The molecule has 4 heteroatoms. The average Bonchev–Trinajstić information content (AvgIpc) is 2.67. The van der Waals surface area contributed by atoms with E-state index in [1.165, 1.54) is 12.1 Å². The van der Waals surface area contributed by atoms with E-state index in [1.807, 2.05) is 6.20 Å². The van der Waals surface area contributed by atoms with Gasteiger partial charge in [-0.15, -0.1) is 0 Å². The zero-order chi connectivity index (χ0) is 12.8. The predicted octanol–water partition coefficient (Wildman–Crippen LogP) is 3.75. The minimum Gasteiger partial charge on any atom is -0.309 e. The normalized spacial score (nSPS) is 14.9. The molecule has 0 aliphatic carbocycles. The monoisotopic (exact) mass is 301 g/mol. The van der Waals surface area contributed by atoms with E-state index in [0.29, 0.717) is 12.0 Å². The Morgan fingerprint density at radius 1 is 1.41 bits per heavy atom. The van der Waals surface area contributed by atoms with E-state index in [4.69, 9.17) is 0 Å². The van der Waals surface area contributed by atoms with E-state index in [0.717, 1.165) is 24.0 Å². The molecule has 1 aromatic heterocycles. The van der Waals surface area contributed by atoms with Crippen LogP contribution in [0.3, 0.4) is 0 Å². The van der Waals surface area contributed by atoms with Gasteiger partial charge in [0.2, 0.25) is 0 Å². The Labute approximate surface area is 113 Å². The smallest absolute Gasteiger partial charge is 0.0698 e. The molecule has 17 heavy (non-hydrogen) atoms. The van der Waals surface area contributed by atoms with Gasteiger partial charge in [0.25, 0.3) is 0 Å². The van der Waals surface area contributed by atoms with Gasteiger partial charge in [0.15, 0.2) is 0 Å². The Morgan fingerprint density at radius 3 is 2.65 bits per heavy atom. The molecule has 0 radical (unpaired) electrons. The molecule has 1 aromatic rings. The Kier molecular flexibility index (Phi) is 6.20. The van der Waals surface area contributed by atoms with Crippen molar-refractivity contribution in [2.24, 2.45) is 5.92 Å². The molecule has 3 nitrogen and oxygen atoms in total. The van der Waals surface area contributed by atoms with E-state index < -0.39 is 0 Å². The fraction of sp³-hybridized carbons (Fsp3) is 0.769. The lowest BCUT2D eigenvalue weighted by Crippen LogP contribution is -2.29. The van der Waals surface area contributed by atoms with E-state index in [1.54, 1.807) is 0 Å². The van der Waals surface area contributed by atoms with Crippen LogP contribution >= 0.6 is 15.9 Å². The summed E-state index contributed by atoms with van der Waals surface area (Å²) < 4.78 is 3.25. The third-order valence-corrected chi connectivity index (χ3v) is 3.81. The highest BCUT2D eigenvalue weighted by atomic mass is 79.9. The summed E-state index contributed by atoms with van der Waals surface area (Å²) in [5.41, 5.74) is 1.29. The zero-order valence-electron chi connectivity index (χ0n) is 11.3. The predicted molar refractivity (Wildman–Crippen MR) is 76.1 cm³/mol. The van der Waals surface area contributed by atoms with Crippen LogP contribution in [0.1, 0.15) is 52.3 Å². The molecule has 2 atom stereocenters. The molecule has 0 aliphatic heterocycles. The second kappa shape index (κ2) is 7.17. The van der Waals surface area contributed by atoms with Gasteiger partial charge in [0.1, 0.15) is 0 Å². The average molecular weight is 302 g/mol. The van der Waals surface area contributed by atoms with Gasteiger partial charge in [-0.2, -0.15) is 5.10 Å². The number of rotatable bonds is 7. The zero-order valence-corrected chi connectivity index (χ0v) is 12.9. The van der Waals surface area contributed by atoms with Crippen LogP contribution in [0.2, 0.25) is 0 Å². The van der Waals surface area contributed by atoms with Crippen molar-refractivity contribution in [3.05, 3.63) is 16.4 Å². The second-order valence-electron chi connectivity index (χ2n) is 4.52. The molecule has 0 saturated heterocycles. The molecule has 0 aromatic carbocycles. The van der Waals surface area contributed by atoms with Crippen LogP contribution in [-0.2, 0) is 6.54 Å². The van der Waals surface area contributed by atoms with Crippen LogP contribution in [0, 0.1) is 5.92 Å². The summed E-state index contributed by atoms with van der Waals surface area (Å²) >= 11 is 3.63. The van der Waals surface area contributed by atoms with Crippen molar-refractivity contribution in [3.8, 4) is 0 Å². The van der Waals surface area contributed by atoms with Gasteiger partial charge >= 0.3 is 0 Å². The number of aryl methyl sites for hydroxylation is 1. The minimum atomic E-state index is 0.383. The van der Waals surface area contributed by atoms with Crippen LogP contribution in [-0.4, -0.2) is 16.3 Å². The Bertz CT molecular complexity index is 335. The summed E-state index contributed by atoms with van der Waals surface area (Å²) in [6.45, 7) is 10.8. The molecule has 0 aliphatic rings. The molecule has 0 saturated carbocycles. The molecule has 1 N–H and O–H groups in total. The van der Waals surface area contributed by atoms with Crippen molar-refractivity contribution in [2.75, 3.05) is 6.54 Å². The third-order valence-electron chi connectivity index (χ3n) is 3.20. The molecule has 98 valence electrons. The number of nitrogens with one attached hydrogen (secondary N) is 1. The third kappa shape index (κ3) is 3.55. The fourth-order valence-corrected chi connectivity index (χ4v) is 2.64. The standard InChI is InChI=1S/C13H24BrN3/c1-5-8-17-13(11(14)9-16-17)12(15-7-3)10(4)6-2/h9-10,12,15H,5-8H2,1-4H3. The highest BCUT2D eigenvalue weighted by molar-refractivity contribution is 9.10. The number of aromatic nitrogens is 2. The number of nitrogens with zero attached hydrogens (tertiary/aromatic N) is 2. The summed E-state index contributed by atoms with van der Waals surface area (Å²) in [7, 11) is 0. The van der Waals surface area contributed by atoms with Crippen LogP contribution in [0.5, 0.6) is 0 Å². The lowest BCUT2D eigenvalue weighted by molar-refractivity contribution is 0.356. The Balaban J connectivity index is 3.02. The maximum Gasteiger partial charge on any atom is 0.0698 e. The van der Waals surface area contributed by atoms with Crippen LogP contribution in [0.4, 0.5) is 0 Å². The van der Waals surface area contributed by atoms with Crippen LogP contribution in [0.15, 0.2) is 10.7 Å². The summed E-state index contributed by atoms with van der Waals surface area (Å²) in [6, 6.07) is 0.383. The topological polar surface area (TPSA) is 29.9 Å². The van der Waals surface area contributed by atoms with Gasteiger partial charge in [-0.05, 0) is 34.8 Å².